The fourth-order valence-electron chi connectivity index (χ4n) is 2.43. The molecule has 8 heteroatoms. The Hall–Kier alpha value is -3.13. The van der Waals surface area contributed by atoms with Crippen molar-refractivity contribution >= 4 is 22.4 Å². The Morgan fingerprint density at radius 3 is 2.72 bits per heavy atom. The van der Waals surface area contributed by atoms with Crippen molar-refractivity contribution in [2.45, 2.75) is 0 Å². The van der Waals surface area contributed by atoms with Gasteiger partial charge in [0.1, 0.15) is 10.3 Å². The van der Waals surface area contributed by atoms with Crippen LogP contribution >= 0.6 is 11.3 Å². The van der Waals surface area contributed by atoms with Crippen molar-refractivity contribution in [2.24, 2.45) is 0 Å². The summed E-state index contributed by atoms with van der Waals surface area (Å²) in [6.07, 6.45) is 3.24. The Kier molecular flexibility index (Phi) is 3.73. The van der Waals surface area contributed by atoms with Crippen LogP contribution in [0.1, 0.15) is 5.76 Å². The predicted molar refractivity (Wildman–Crippen MR) is 93.2 cm³/mol. The first-order chi connectivity index (χ1) is 12.2. The first kappa shape index (κ1) is 15.4. The quantitative estimate of drug-likeness (QED) is 0.557. The number of ether oxygens (including phenoxy) is 2. The van der Waals surface area contributed by atoms with Gasteiger partial charge in [-0.25, -0.2) is 0 Å². The van der Waals surface area contributed by atoms with Gasteiger partial charge in [0, 0.05) is 11.6 Å². The number of hydrogen-bond acceptors (Lipinski definition) is 7. The zero-order chi connectivity index (χ0) is 17.4. The van der Waals surface area contributed by atoms with E-state index in [0.717, 1.165) is 5.56 Å². The molecule has 0 radical (unpaired) electrons. The van der Waals surface area contributed by atoms with Crippen LogP contribution in [0.25, 0.3) is 22.4 Å². The molecular formula is C17H13N3O4S. The largest absolute Gasteiger partial charge is 0.493 e. The Balaban J connectivity index is 1.80. The van der Waals surface area contributed by atoms with Crippen LogP contribution < -0.4 is 19.6 Å². The molecule has 0 amide bonds. The summed E-state index contributed by atoms with van der Waals surface area (Å²) >= 11 is 1.26. The lowest BCUT2D eigenvalue weighted by molar-refractivity contribution is 0.355. The number of methoxy groups -OCH3 is 2. The number of thiazole rings is 1. The molecule has 0 aliphatic rings. The van der Waals surface area contributed by atoms with Crippen LogP contribution in [-0.2, 0) is 0 Å². The molecule has 0 saturated carbocycles. The topological polar surface area (TPSA) is 78.9 Å². The third-order valence-electron chi connectivity index (χ3n) is 3.64. The van der Waals surface area contributed by atoms with Crippen molar-refractivity contribution in [3.63, 3.8) is 0 Å². The van der Waals surface area contributed by atoms with E-state index in [2.05, 4.69) is 10.1 Å². The molecule has 3 aromatic heterocycles. The summed E-state index contributed by atoms with van der Waals surface area (Å²) in [5, 5.41) is 4.32. The molecule has 4 rings (SSSR count). The highest BCUT2D eigenvalue weighted by Gasteiger charge is 2.14. The van der Waals surface area contributed by atoms with Crippen molar-refractivity contribution in [3.8, 4) is 22.9 Å². The second-order valence-corrected chi connectivity index (χ2v) is 6.14. The van der Waals surface area contributed by atoms with Gasteiger partial charge in [-0.15, -0.1) is 5.10 Å². The summed E-state index contributed by atoms with van der Waals surface area (Å²) in [6.45, 7) is 0. The summed E-state index contributed by atoms with van der Waals surface area (Å²) in [5.74, 6) is 2.26. The molecule has 7 nitrogen and oxygen atoms in total. The van der Waals surface area contributed by atoms with Gasteiger partial charge in [0.05, 0.1) is 20.5 Å². The molecule has 0 fully saturated rings. The lowest BCUT2D eigenvalue weighted by atomic mass is 10.2. The van der Waals surface area contributed by atoms with Crippen LogP contribution in [0.2, 0.25) is 0 Å². The van der Waals surface area contributed by atoms with E-state index in [1.807, 2.05) is 6.07 Å². The predicted octanol–water partition coefficient (Wildman–Crippen LogP) is 1.98. The van der Waals surface area contributed by atoms with E-state index in [1.54, 1.807) is 50.8 Å². The third-order valence-corrected chi connectivity index (χ3v) is 4.60. The van der Waals surface area contributed by atoms with E-state index in [0.29, 0.717) is 32.6 Å². The summed E-state index contributed by atoms with van der Waals surface area (Å²) < 4.78 is 17.6. The second-order valence-electron chi connectivity index (χ2n) is 5.13. The minimum Gasteiger partial charge on any atom is -0.493 e. The van der Waals surface area contributed by atoms with Crippen LogP contribution in [0.15, 0.2) is 45.8 Å². The molecule has 0 bridgehead atoms. The number of aromatic nitrogens is 3. The van der Waals surface area contributed by atoms with Crippen LogP contribution in [0, 0.1) is 0 Å². The lowest BCUT2D eigenvalue weighted by Gasteiger charge is -2.07. The van der Waals surface area contributed by atoms with Gasteiger partial charge in [-0.2, -0.15) is 9.50 Å². The molecule has 3 heterocycles. The van der Waals surface area contributed by atoms with E-state index >= 15 is 0 Å². The Bertz CT molecular complexity index is 1140. The first-order valence-electron chi connectivity index (χ1n) is 7.37. The molecule has 1 aromatic carbocycles. The third kappa shape index (κ3) is 2.66. The van der Waals surface area contributed by atoms with Crippen molar-refractivity contribution in [3.05, 3.63) is 57.2 Å². The molecule has 0 N–H and O–H groups in total. The van der Waals surface area contributed by atoms with Crippen LogP contribution in [0.3, 0.4) is 0 Å². The van der Waals surface area contributed by atoms with E-state index in [1.165, 1.54) is 15.9 Å². The highest BCUT2D eigenvalue weighted by atomic mass is 32.1. The molecular weight excluding hydrogens is 342 g/mol. The monoisotopic (exact) mass is 355 g/mol. The molecule has 4 aromatic rings. The fraction of sp³-hybridized carbons (Fsp3) is 0.118. The van der Waals surface area contributed by atoms with Gasteiger partial charge >= 0.3 is 0 Å². The van der Waals surface area contributed by atoms with E-state index in [-0.39, 0.29) is 5.56 Å². The van der Waals surface area contributed by atoms with Gasteiger partial charge < -0.3 is 13.9 Å². The standard InChI is InChI=1S/C17H13N3O4S/c1-22-12-6-5-10(8-13(12)23-2)15-18-17-20(19-15)16(21)14(25-17)9-11-4-3-7-24-11/h3-9H,1-2H3. The van der Waals surface area contributed by atoms with Gasteiger partial charge in [0.15, 0.2) is 17.3 Å². The summed E-state index contributed by atoms with van der Waals surface area (Å²) in [7, 11) is 3.14. The zero-order valence-electron chi connectivity index (χ0n) is 13.4. The van der Waals surface area contributed by atoms with Crippen molar-refractivity contribution in [1.82, 2.24) is 14.6 Å². The number of fused-ring (bicyclic) bond motifs is 1. The van der Waals surface area contributed by atoms with Gasteiger partial charge in [-0.05, 0) is 30.3 Å². The van der Waals surface area contributed by atoms with Crippen molar-refractivity contribution in [2.75, 3.05) is 14.2 Å². The SMILES string of the molecule is COc1ccc(-c2nc3sc(=Cc4ccco4)c(=O)n3n2)cc1OC. The molecule has 25 heavy (non-hydrogen) atoms. The number of furan rings is 1. The molecule has 126 valence electrons. The highest BCUT2D eigenvalue weighted by molar-refractivity contribution is 7.15. The first-order valence-corrected chi connectivity index (χ1v) is 8.18. The van der Waals surface area contributed by atoms with E-state index < -0.39 is 0 Å². The highest BCUT2D eigenvalue weighted by Crippen LogP contribution is 2.31. The number of benzene rings is 1. The normalized spacial score (nSPS) is 12.0. The second kappa shape index (κ2) is 6.06. The smallest absolute Gasteiger partial charge is 0.291 e. The Labute approximate surface area is 145 Å². The van der Waals surface area contributed by atoms with Crippen molar-refractivity contribution in [1.29, 1.82) is 0 Å². The van der Waals surface area contributed by atoms with Crippen LogP contribution in [-0.4, -0.2) is 28.8 Å². The fourth-order valence-corrected chi connectivity index (χ4v) is 3.32. The Morgan fingerprint density at radius 1 is 1.20 bits per heavy atom. The van der Waals surface area contributed by atoms with E-state index in [4.69, 9.17) is 13.9 Å². The minimum absolute atomic E-state index is 0.226. The molecule has 0 unspecified atom stereocenters. The summed E-state index contributed by atoms with van der Waals surface area (Å²) in [6, 6.07) is 8.92. The van der Waals surface area contributed by atoms with Gasteiger partial charge in [0.2, 0.25) is 4.96 Å². The van der Waals surface area contributed by atoms with Gasteiger partial charge in [0.25, 0.3) is 5.56 Å². The van der Waals surface area contributed by atoms with Crippen LogP contribution in [0.4, 0.5) is 0 Å². The maximum atomic E-state index is 12.5. The summed E-state index contributed by atoms with van der Waals surface area (Å²) in [5.41, 5.74) is 0.514. The molecule has 0 aliphatic carbocycles. The molecule has 0 atom stereocenters. The van der Waals surface area contributed by atoms with Gasteiger partial charge in [-0.1, -0.05) is 11.3 Å². The maximum Gasteiger partial charge on any atom is 0.291 e. The summed E-state index contributed by atoms with van der Waals surface area (Å²) in [4.78, 5) is 17.4. The average molecular weight is 355 g/mol. The van der Waals surface area contributed by atoms with Crippen LogP contribution in [0.5, 0.6) is 11.5 Å². The zero-order valence-corrected chi connectivity index (χ0v) is 14.2. The molecule has 0 saturated heterocycles. The Morgan fingerprint density at radius 2 is 2.04 bits per heavy atom. The molecule has 0 aliphatic heterocycles. The maximum absolute atomic E-state index is 12.5. The average Bonchev–Trinajstić information content (AvgIpc) is 3.34. The molecule has 0 spiro atoms. The minimum atomic E-state index is -0.226. The number of rotatable bonds is 4. The number of hydrogen-bond donors (Lipinski definition) is 0. The van der Waals surface area contributed by atoms with E-state index in [9.17, 15) is 4.79 Å². The van der Waals surface area contributed by atoms with Gasteiger partial charge in [-0.3, -0.25) is 4.79 Å². The lowest BCUT2D eigenvalue weighted by Crippen LogP contribution is -2.23. The number of nitrogens with zero attached hydrogens (tertiary/aromatic N) is 3. The van der Waals surface area contributed by atoms with Crippen molar-refractivity contribution < 1.29 is 13.9 Å².